The van der Waals surface area contributed by atoms with E-state index in [9.17, 15) is 23.1 Å². The molecule has 1 aromatic carbocycles. The van der Waals surface area contributed by atoms with Crippen LogP contribution in [0.1, 0.15) is 46.3 Å². The van der Waals surface area contributed by atoms with Crippen LogP contribution in [0.3, 0.4) is 0 Å². The first-order valence-electron chi connectivity index (χ1n) is 12.1. The molecule has 39 heavy (non-hydrogen) atoms. The number of pyridine rings is 2. The van der Waals surface area contributed by atoms with Crippen LogP contribution in [-0.4, -0.2) is 37.1 Å². The number of benzene rings is 1. The van der Waals surface area contributed by atoms with Crippen molar-refractivity contribution in [2.45, 2.75) is 39.0 Å². The van der Waals surface area contributed by atoms with Gasteiger partial charge in [-0.1, -0.05) is 5.16 Å². The van der Waals surface area contributed by atoms with E-state index in [-0.39, 0.29) is 11.1 Å². The van der Waals surface area contributed by atoms with Gasteiger partial charge in [0.2, 0.25) is 0 Å². The van der Waals surface area contributed by atoms with Gasteiger partial charge in [-0.3, -0.25) is 9.55 Å². The third-order valence-corrected chi connectivity index (χ3v) is 6.75. The number of rotatable bonds is 6. The Kier molecular flexibility index (Phi) is 5.67. The lowest BCUT2D eigenvalue weighted by Crippen LogP contribution is -2.18. The molecular formula is C28H21F3N4O4. The number of halogens is 3. The summed E-state index contributed by atoms with van der Waals surface area (Å²) in [5.41, 5.74) is 4.27. The molecule has 0 amide bonds. The van der Waals surface area contributed by atoms with Gasteiger partial charge in [0, 0.05) is 51.6 Å². The highest BCUT2D eigenvalue weighted by atomic mass is 19.4. The van der Waals surface area contributed by atoms with Gasteiger partial charge in [0.05, 0.1) is 23.1 Å². The lowest BCUT2D eigenvalue weighted by Gasteiger charge is -2.14. The Morgan fingerprint density at radius 3 is 2.49 bits per heavy atom. The largest absolute Gasteiger partial charge is 0.573 e. The van der Waals surface area contributed by atoms with Gasteiger partial charge in [-0.25, -0.2) is 9.78 Å². The Balaban J connectivity index is 1.59. The number of carboxylic acids is 1. The maximum absolute atomic E-state index is 13.4. The number of aryl methyl sites for hydroxylation is 2. The van der Waals surface area contributed by atoms with Crippen molar-refractivity contribution in [2.24, 2.45) is 0 Å². The van der Waals surface area contributed by atoms with Gasteiger partial charge >= 0.3 is 12.3 Å². The average Bonchev–Trinajstić information content (AvgIpc) is 3.60. The Hall–Kier alpha value is -4.67. The predicted molar refractivity (Wildman–Crippen MR) is 135 cm³/mol. The van der Waals surface area contributed by atoms with Crippen LogP contribution < -0.4 is 4.74 Å². The number of nitrogens with zero attached hydrogens (tertiary/aromatic N) is 4. The number of fused-ring (bicyclic) bond motifs is 1. The fraction of sp³-hybridized carbons (Fsp3) is 0.214. The molecule has 1 N–H and O–H groups in total. The summed E-state index contributed by atoms with van der Waals surface area (Å²) < 4.78 is 51.5. The van der Waals surface area contributed by atoms with E-state index in [1.807, 2.05) is 12.1 Å². The Labute approximate surface area is 219 Å². The second kappa shape index (κ2) is 8.97. The zero-order chi connectivity index (χ0) is 27.5. The van der Waals surface area contributed by atoms with E-state index in [4.69, 9.17) is 4.52 Å². The third-order valence-electron chi connectivity index (χ3n) is 6.75. The van der Waals surface area contributed by atoms with Crippen molar-refractivity contribution in [1.82, 2.24) is 19.7 Å². The fourth-order valence-corrected chi connectivity index (χ4v) is 4.80. The van der Waals surface area contributed by atoms with Crippen LogP contribution >= 0.6 is 0 Å². The van der Waals surface area contributed by atoms with Crippen LogP contribution in [0.2, 0.25) is 0 Å². The van der Waals surface area contributed by atoms with Crippen molar-refractivity contribution in [3.63, 3.8) is 0 Å². The summed E-state index contributed by atoms with van der Waals surface area (Å²) >= 11 is 0. The molecule has 4 heterocycles. The molecule has 0 spiro atoms. The van der Waals surface area contributed by atoms with Crippen molar-refractivity contribution in [3.05, 3.63) is 77.7 Å². The van der Waals surface area contributed by atoms with E-state index in [1.54, 1.807) is 43.1 Å². The first-order valence-corrected chi connectivity index (χ1v) is 12.1. The molecule has 0 aliphatic heterocycles. The predicted octanol–water partition coefficient (Wildman–Crippen LogP) is 6.83. The zero-order valence-electron chi connectivity index (χ0n) is 20.8. The Morgan fingerprint density at radius 2 is 1.87 bits per heavy atom. The molecule has 198 valence electrons. The second-order valence-electron chi connectivity index (χ2n) is 9.49. The van der Waals surface area contributed by atoms with Gasteiger partial charge in [-0.15, -0.1) is 13.2 Å². The van der Waals surface area contributed by atoms with E-state index in [2.05, 4.69) is 19.9 Å². The third kappa shape index (κ3) is 4.60. The maximum Gasteiger partial charge on any atom is 0.573 e. The Bertz CT molecular complexity index is 1720. The molecule has 1 fully saturated rings. The molecule has 1 aliphatic carbocycles. The molecule has 4 aromatic heterocycles. The quantitative estimate of drug-likeness (QED) is 0.255. The Morgan fingerprint density at radius 1 is 1.08 bits per heavy atom. The van der Waals surface area contributed by atoms with E-state index in [0.717, 1.165) is 30.2 Å². The normalized spacial score (nSPS) is 13.7. The van der Waals surface area contributed by atoms with E-state index in [0.29, 0.717) is 45.2 Å². The van der Waals surface area contributed by atoms with Crippen LogP contribution in [0, 0.1) is 13.8 Å². The smallest absolute Gasteiger partial charge is 0.478 e. The summed E-state index contributed by atoms with van der Waals surface area (Å²) in [7, 11) is 0. The van der Waals surface area contributed by atoms with Crippen molar-refractivity contribution in [3.8, 4) is 33.7 Å². The van der Waals surface area contributed by atoms with Crippen LogP contribution in [0.5, 0.6) is 5.75 Å². The molecule has 0 saturated heterocycles. The monoisotopic (exact) mass is 534 g/mol. The van der Waals surface area contributed by atoms with E-state index < -0.39 is 18.1 Å². The van der Waals surface area contributed by atoms with Crippen LogP contribution in [-0.2, 0) is 0 Å². The summed E-state index contributed by atoms with van der Waals surface area (Å²) in [4.78, 5) is 20.8. The first kappa shape index (κ1) is 24.7. The minimum Gasteiger partial charge on any atom is -0.478 e. The molecule has 8 nitrogen and oxygen atoms in total. The highest BCUT2D eigenvalue weighted by Crippen LogP contribution is 2.42. The highest BCUT2D eigenvalue weighted by molar-refractivity contribution is 5.99. The molecule has 6 rings (SSSR count). The molecule has 0 atom stereocenters. The second-order valence-corrected chi connectivity index (χ2v) is 9.49. The molecule has 0 bridgehead atoms. The van der Waals surface area contributed by atoms with Gasteiger partial charge in [-0.2, -0.15) is 0 Å². The number of aromatic nitrogens is 4. The van der Waals surface area contributed by atoms with Gasteiger partial charge in [0.25, 0.3) is 0 Å². The lowest BCUT2D eigenvalue weighted by atomic mass is 10.00. The van der Waals surface area contributed by atoms with Crippen molar-refractivity contribution in [1.29, 1.82) is 0 Å². The maximum atomic E-state index is 13.4. The topological polar surface area (TPSA) is 103 Å². The summed E-state index contributed by atoms with van der Waals surface area (Å²) in [6.07, 6.45) is 2.18. The summed E-state index contributed by atoms with van der Waals surface area (Å²) in [6.45, 7) is 3.55. The first-order chi connectivity index (χ1) is 18.6. The average molecular weight is 534 g/mol. The van der Waals surface area contributed by atoms with Gasteiger partial charge in [-0.05, 0) is 63.1 Å². The van der Waals surface area contributed by atoms with Crippen molar-refractivity contribution >= 4 is 17.0 Å². The number of carbonyl (C=O) groups is 1. The van der Waals surface area contributed by atoms with Crippen LogP contribution in [0.15, 0.2) is 59.5 Å². The number of aromatic carboxylic acids is 1. The number of hydrogen-bond donors (Lipinski definition) is 1. The molecule has 1 saturated carbocycles. The minimum atomic E-state index is -5.03. The molecule has 5 aromatic rings. The van der Waals surface area contributed by atoms with Crippen molar-refractivity contribution in [2.75, 3.05) is 0 Å². The molecule has 11 heteroatoms. The summed E-state index contributed by atoms with van der Waals surface area (Å²) in [5, 5.41) is 13.9. The number of ether oxygens (including phenoxy) is 1. The lowest BCUT2D eigenvalue weighted by molar-refractivity contribution is -0.274. The zero-order valence-corrected chi connectivity index (χ0v) is 20.8. The minimum absolute atomic E-state index is 0.0568. The van der Waals surface area contributed by atoms with Gasteiger partial charge in [0.15, 0.2) is 0 Å². The van der Waals surface area contributed by atoms with Gasteiger partial charge in [0.1, 0.15) is 17.2 Å². The van der Waals surface area contributed by atoms with E-state index in [1.165, 1.54) is 12.1 Å². The van der Waals surface area contributed by atoms with Gasteiger partial charge < -0.3 is 14.4 Å². The number of alkyl halides is 3. The van der Waals surface area contributed by atoms with Crippen molar-refractivity contribution < 1.29 is 32.3 Å². The van der Waals surface area contributed by atoms with E-state index >= 15 is 0 Å². The number of carboxylic acid groups (broad SMARTS) is 1. The summed E-state index contributed by atoms with van der Waals surface area (Å²) in [5.74, 6) is -0.977. The molecule has 0 unspecified atom stereocenters. The SMILES string of the molecule is Cc1noc(C)c1-c1cnc2c(c1)c(-c1ccc(C(=O)O)cc1OC(F)(F)F)cn2-c1ccc(C2CC2)nc1. The van der Waals surface area contributed by atoms with Crippen LogP contribution in [0.4, 0.5) is 13.2 Å². The standard InChI is InChI=1S/C28H21F3N4O4/c1-14-25(15(2)39-34-14)18-9-21-22(20-7-5-17(27(36)37)10-24(20)38-28(29,30)31)13-35(26(21)33-11-18)19-6-8-23(32-12-19)16-3-4-16/h5-13,16H,3-4H2,1-2H3,(H,36,37). The highest BCUT2D eigenvalue weighted by Gasteiger charge is 2.33. The summed E-state index contributed by atoms with van der Waals surface area (Å²) in [6, 6.07) is 9.05. The number of hydrogen-bond acceptors (Lipinski definition) is 6. The molecular weight excluding hydrogens is 513 g/mol. The fourth-order valence-electron chi connectivity index (χ4n) is 4.80. The molecule has 1 aliphatic rings. The van der Waals surface area contributed by atoms with Crippen LogP contribution in [0.25, 0.3) is 39.0 Å². The molecule has 0 radical (unpaired) electrons.